The number of fused-ring (bicyclic) bond motifs is 1. The normalized spacial score (nSPS) is 15.6. The van der Waals surface area contributed by atoms with E-state index < -0.39 is 10.0 Å². The molecule has 9 heteroatoms. The van der Waals surface area contributed by atoms with Crippen LogP contribution in [0, 0.1) is 0 Å². The second kappa shape index (κ2) is 9.04. The lowest BCUT2D eigenvalue weighted by Gasteiger charge is -2.34. The lowest BCUT2D eigenvalue weighted by molar-refractivity contribution is 0.0698. The van der Waals surface area contributed by atoms with E-state index in [1.54, 1.807) is 27.7 Å². The SMILES string of the molecule is CC(C)c1ccc(C(=O)N2CCN(S(=O)(=O)c3ccc4c(c3)sc(=O)n4C(C)C)CC2)cc1. The van der Waals surface area contributed by atoms with Crippen LogP contribution < -0.4 is 4.87 Å². The summed E-state index contributed by atoms with van der Waals surface area (Å²) in [5, 5.41) is 0. The minimum absolute atomic E-state index is 0.000831. The zero-order valence-electron chi connectivity index (χ0n) is 19.3. The first kappa shape index (κ1) is 23.7. The first-order valence-electron chi connectivity index (χ1n) is 11.1. The molecule has 1 fully saturated rings. The number of piperazine rings is 1. The van der Waals surface area contributed by atoms with Crippen LogP contribution in [0.5, 0.6) is 0 Å². The molecule has 3 aromatic rings. The molecule has 2 aromatic carbocycles. The molecule has 2 heterocycles. The first-order chi connectivity index (χ1) is 15.6. The second-order valence-corrected chi connectivity index (χ2v) is 11.9. The van der Waals surface area contributed by atoms with Gasteiger partial charge in [-0.25, -0.2) is 8.42 Å². The van der Waals surface area contributed by atoms with Gasteiger partial charge in [0.05, 0.1) is 15.1 Å². The zero-order valence-corrected chi connectivity index (χ0v) is 20.9. The fourth-order valence-corrected chi connectivity index (χ4v) is 6.72. The minimum atomic E-state index is -3.72. The Balaban J connectivity index is 1.48. The molecule has 7 nitrogen and oxygen atoms in total. The number of hydrogen-bond donors (Lipinski definition) is 0. The van der Waals surface area contributed by atoms with Gasteiger partial charge in [0.1, 0.15) is 0 Å². The number of sulfonamides is 1. The average Bonchev–Trinajstić information content (AvgIpc) is 3.13. The fraction of sp³-hybridized carbons (Fsp3) is 0.417. The summed E-state index contributed by atoms with van der Waals surface area (Å²) in [4.78, 5) is 27.0. The first-order valence-corrected chi connectivity index (χ1v) is 13.4. The summed E-state index contributed by atoms with van der Waals surface area (Å²) < 4.78 is 30.2. The molecule has 0 atom stereocenters. The van der Waals surface area contributed by atoms with Gasteiger partial charge in [-0.3, -0.25) is 14.2 Å². The van der Waals surface area contributed by atoms with E-state index in [0.717, 1.165) is 16.9 Å². The van der Waals surface area contributed by atoms with E-state index in [-0.39, 0.29) is 34.8 Å². The lowest BCUT2D eigenvalue weighted by atomic mass is 10.0. The molecule has 1 aromatic heterocycles. The standard InChI is InChI=1S/C24H29N3O4S2/c1-16(2)18-5-7-19(8-6-18)23(28)25-11-13-26(14-12-25)33(30,31)20-9-10-21-22(15-20)32-24(29)27(21)17(3)4/h5-10,15-17H,11-14H2,1-4H3. The van der Waals surface area contributed by atoms with E-state index >= 15 is 0 Å². The molecule has 1 aliphatic rings. The molecule has 33 heavy (non-hydrogen) atoms. The Morgan fingerprint density at radius 3 is 2.15 bits per heavy atom. The van der Waals surface area contributed by atoms with Crippen LogP contribution >= 0.6 is 11.3 Å². The van der Waals surface area contributed by atoms with Crippen molar-refractivity contribution in [1.82, 2.24) is 13.8 Å². The summed E-state index contributed by atoms with van der Waals surface area (Å²) in [6.45, 7) is 9.21. The van der Waals surface area contributed by atoms with Crippen LogP contribution in [-0.2, 0) is 10.0 Å². The van der Waals surface area contributed by atoms with Gasteiger partial charge < -0.3 is 4.90 Å². The van der Waals surface area contributed by atoms with E-state index in [9.17, 15) is 18.0 Å². The Morgan fingerprint density at radius 2 is 1.58 bits per heavy atom. The van der Waals surface area contributed by atoms with Crippen molar-refractivity contribution < 1.29 is 13.2 Å². The fourth-order valence-electron chi connectivity index (χ4n) is 4.14. The van der Waals surface area contributed by atoms with Gasteiger partial charge in [-0.15, -0.1) is 0 Å². The van der Waals surface area contributed by atoms with E-state index in [1.807, 2.05) is 38.1 Å². The predicted octanol–water partition coefficient (Wildman–Crippen LogP) is 3.91. The van der Waals surface area contributed by atoms with Crippen molar-refractivity contribution >= 4 is 37.5 Å². The van der Waals surface area contributed by atoms with Gasteiger partial charge in [-0.1, -0.05) is 37.3 Å². The van der Waals surface area contributed by atoms with Gasteiger partial charge in [0.15, 0.2) is 0 Å². The number of amides is 1. The van der Waals surface area contributed by atoms with Crippen molar-refractivity contribution in [2.45, 2.75) is 44.6 Å². The third-order valence-electron chi connectivity index (χ3n) is 6.09. The topological polar surface area (TPSA) is 79.7 Å². The van der Waals surface area contributed by atoms with Crippen molar-refractivity contribution in [1.29, 1.82) is 0 Å². The zero-order chi connectivity index (χ0) is 23.9. The molecule has 0 N–H and O–H groups in total. The minimum Gasteiger partial charge on any atom is -0.336 e. The predicted molar refractivity (Wildman–Crippen MR) is 132 cm³/mol. The van der Waals surface area contributed by atoms with Gasteiger partial charge in [0, 0.05) is 37.8 Å². The van der Waals surface area contributed by atoms with E-state index in [2.05, 4.69) is 13.8 Å². The maximum absolute atomic E-state index is 13.2. The van der Waals surface area contributed by atoms with Crippen molar-refractivity contribution in [3.8, 4) is 0 Å². The maximum atomic E-state index is 13.2. The number of nitrogens with zero attached hydrogens (tertiary/aromatic N) is 3. The van der Waals surface area contributed by atoms with E-state index in [0.29, 0.717) is 29.3 Å². The molecule has 0 saturated carbocycles. The Morgan fingerprint density at radius 1 is 0.939 bits per heavy atom. The number of rotatable bonds is 5. The Kier molecular flexibility index (Phi) is 6.48. The monoisotopic (exact) mass is 487 g/mol. The van der Waals surface area contributed by atoms with Crippen LogP contribution in [0.3, 0.4) is 0 Å². The molecule has 0 unspecified atom stereocenters. The van der Waals surface area contributed by atoms with Gasteiger partial charge in [0.2, 0.25) is 10.0 Å². The quantitative estimate of drug-likeness (QED) is 0.547. The molecule has 0 bridgehead atoms. The third kappa shape index (κ3) is 4.49. The van der Waals surface area contributed by atoms with Crippen LogP contribution in [0.15, 0.2) is 52.2 Å². The summed E-state index contributed by atoms with van der Waals surface area (Å²) in [6.07, 6.45) is 0. The molecule has 0 spiro atoms. The Hall–Kier alpha value is -2.49. The third-order valence-corrected chi connectivity index (χ3v) is 8.90. The van der Waals surface area contributed by atoms with Crippen molar-refractivity contribution in [3.05, 3.63) is 63.3 Å². The number of benzene rings is 2. The van der Waals surface area contributed by atoms with Crippen LogP contribution in [-0.4, -0.2) is 54.3 Å². The van der Waals surface area contributed by atoms with Crippen LogP contribution in [0.2, 0.25) is 0 Å². The van der Waals surface area contributed by atoms with Gasteiger partial charge >= 0.3 is 4.87 Å². The molecule has 4 rings (SSSR count). The summed E-state index contributed by atoms with van der Waals surface area (Å²) in [5.74, 6) is 0.315. The number of aromatic nitrogens is 1. The highest BCUT2D eigenvalue weighted by molar-refractivity contribution is 7.89. The van der Waals surface area contributed by atoms with Crippen LogP contribution in [0.1, 0.15) is 55.6 Å². The van der Waals surface area contributed by atoms with Gasteiger partial charge in [-0.2, -0.15) is 4.31 Å². The number of thiazole rings is 1. The highest BCUT2D eigenvalue weighted by Gasteiger charge is 2.31. The molecule has 1 aliphatic heterocycles. The Bertz CT molecular complexity index is 1330. The molecule has 1 saturated heterocycles. The van der Waals surface area contributed by atoms with Crippen molar-refractivity contribution in [3.63, 3.8) is 0 Å². The Labute approximate surface area is 198 Å². The summed E-state index contributed by atoms with van der Waals surface area (Å²) in [6, 6.07) is 12.5. The van der Waals surface area contributed by atoms with E-state index in [4.69, 9.17) is 0 Å². The summed E-state index contributed by atoms with van der Waals surface area (Å²) in [7, 11) is -3.72. The molecule has 1 amide bonds. The lowest BCUT2D eigenvalue weighted by Crippen LogP contribution is -2.50. The van der Waals surface area contributed by atoms with Crippen molar-refractivity contribution in [2.75, 3.05) is 26.2 Å². The summed E-state index contributed by atoms with van der Waals surface area (Å²) in [5.41, 5.74) is 2.54. The molecule has 0 radical (unpaired) electrons. The smallest absolute Gasteiger partial charge is 0.308 e. The summed E-state index contributed by atoms with van der Waals surface area (Å²) >= 11 is 1.06. The number of hydrogen-bond acceptors (Lipinski definition) is 5. The van der Waals surface area contributed by atoms with Crippen molar-refractivity contribution in [2.24, 2.45) is 0 Å². The highest BCUT2D eigenvalue weighted by atomic mass is 32.2. The molecule has 0 aliphatic carbocycles. The molecule has 176 valence electrons. The number of carbonyl (C=O) groups excluding carboxylic acids is 1. The van der Waals surface area contributed by atoms with E-state index in [1.165, 1.54) is 9.87 Å². The maximum Gasteiger partial charge on any atom is 0.308 e. The highest BCUT2D eigenvalue weighted by Crippen LogP contribution is 2.26. The van der Waals surface area contributed by atoms with Gasteiger partial charge in [0.25, 0.3) is 5.91 Å². The average molecular weight is 488 g/mol. The molecular weight excluding hydrogens is 458 g/mol. The van der Waals surface area contributed by atoms with Crippen LogP contribution in [0.25, 0.3) is 10.2 Å². The number of carbonyl (C=O) groups is 1. The second-order valence-electron chi connectivity index (χ2n) is 8.93. The molecular formula is C24H29N3O4S2. The largest absolute Gasteiger partial charge is 0.336 e. The van der Waals surface area contributed by atoms with Crippen LogP contribution in [0.4, 0.5) is 0 Å². The van der Waals surface area contributed by atoms with Gasteiger partial charge in [-0.05, 0) is 55.7 Å².